The molecule has 0 bridgehead atoms. The molecule has 1 aromatic carbocycles. The van der Waals surface area contributed by atoms with Gasteiger partial charge in [0.2, 0.25) is 5.91 Å². The second-order valence-corrected chi connectivity index (χ2v) is 5.69. The summed E-state index contributed by atoms with van der Waals surface area (Å²) >= 11 is 5.93. The summed E-state index contributed by atoms with van der Waals surface area (Å²) in [5.41, 5.74) is -1.12. The van der Waals surface area contributed by atoms with Crippen molar-refractivity contribution >= 4 is 35.1 Å². The highest BCUT2D eigenvalue weighted by Gasteiger charge is 2.55. The van der Waals surface area contributed by atoms with E-state index in [1.165, 1.54) is 6.07 Å². The van der Waals surface area contributed by atoms with E-state index < -0.39 is 29.1 Å². The third kappa shape index (κ3) is 2.01. The van der Waals surface area contributed by atoms with E-state index in [4.69, 9.17) is 11.6 Å². The van der Waals surface area contributed by atoms with E-state index in [2.05, 4.69) is 5.32 Å². The van der Waals surface area contributed by atoms with Crippen molar-refractivity contribution in [1.29, 1.82) is 0 Å². The van der Waals surface area contributed by atoms with Crippen LogP contribution in [0.25, 0.3) is 0 Å². The first-order chi connectivity index (χ1) is 9.95. The van der Waals surface area contributed by atoms with E-state index in [0.717, 1.165) is 29.9 Å². The van der Waals surface area contributed by atoms with Crippen molar-refractivity contribution in [3.8, 4) is 0 Å². The lowest BCUT2D eigenvalue weighted by molar-refractivity contribution is -0.142. The Hall–Kier alpha value is -1.95. The molecule has 0 atom stereocenters. The Labute approximate surface area is 125 Å². The average molecular weight is 311 g/mol. The van der Waals surface area contributed by atoms with Gasteiger partial charge in [0.15, 0.2) is 0 Å². The quantitative estimate of drug-likeness (QED) is 0.811. The zero-order valence-electron chi connectivity index (χ0n) is 11.0. The van der Waals surface area contributed by atoms with Gasteiger partial charge in [0.25, 0.3) is 5.91 Å². The highest BCUT2D eigenvalue weighted by molar-refractivity contribution is 6.37. The van der Waals surface area contributed by atoms with E-state index >= 15 is 0 Å². The lowest BCUT2D eigenvalue weighted by Crippen LogP contribution is -2.63. The van der Waals surface area contributed by atoms with E-state index in [1.807, 2.05) is 0 Å². The molecule has 1 spiro atoms. The number of barbiturate groups is 1. The molecule has 5 nitrogen and oxygen atoms in total. The van der Waals surface area contributed by atoms with Gasteiger partial charge in [0.1, 0.15) is 11.2 Å². The van der Waals surface area contributed by atoms with Crippen LogP contribution in [0.15, 0.2) is 18.2 Å². The van der Waals surface area contributed by atoms with Crippen LogP contribution < -0.4 is 10.2 Å². The van der Waals surface area contributed by atoms with E-state index in [9.17, 15) is 18.8 Å². The molecule has 21 heavy (non-hydrogen) atoms. The minimum atomic E-state index is -1.20. The van der Waals surface area contributed by atoms with E-state index in [0.29, 0.717) is 12.8 Å². The first-order valence-electron chi connectivity index (χ1n) is 6.61. The number of carbonyl (C=O) groups is 3. The van der Waals surface area contributed by atoms with Crippen LogP contribution in [-0.4, -0.2) is 17.8 Å². The summed E-state index contributed by atoms with van der Waals surface area (Å²) in [5.74, 6) is -1.70. The maximum atomic E-state index is 13.1. The average Bonchev–Trinajstić information content (AvgIpc) is 2.90. The van der Waals surface area contributed by atoms with Gasteiger partial charge in [-0.1, -0.05) is 24.4 Å². The van der Waals surface area contributed by atoms with Crippen molar-refractivity contribution in [2.24, 2.45) is 5.41 Å². The van der Waals surface area contributed by atoms with Gasteiger partial charge in [-0.3, -0.25) is 14.9 Å². The molecule has 1 saturated heterocycles. The second kappa shape index (κ2) is 4.80. The molecule has 1 saturated carbocycles. The van der Waals surface area contributed by atoms with Crippen LogP contribution >= 0.6 is 11.6 Å². The normalized spacial score (nSPS) is 21.0. The molecule has 110 valence electrons. The first kappa shape index (κ1) is 14.0. The fraction of sp³-hybridized carbons (Fsp3) is 0.357. The number of benzene rings is 1. The van der Waals surface area contributed by atoms with Gasteiger partial charge in [-0.05, 0) is 31.0 Å². The molecule has 4 amide bonds. The molecule has 0 radical (unpaired) electrons. The maximum Gasteiger partial charge on any atom is 0.335 e. The molecule has 1 heterocycles. The van der Waals surface area contributed by atoms with Crippen LogP contribution in [0.2, 0.25) is 5.02 Å². The fourth-order valence-electron chi connectivity index (χ4n) is 2.98. The smallest absolute Gasteiger partial charge is 0.276 e. The molecule has 1 N–H and O–H groups in total. The number of nitrogens with one attached hydrogen (secondary N) is 1. The zero-order valence-corrected chi connectivity index (χ0v) is 11.7. The molecule has 2 fully saturated rings. The number of hydrogen-bond acceptors (Lipinski definition) is 3. The van der Waals surface area contributed by atoms with Crippen LogP contribution in [0.3, 0.4) is 0 Å². The number of anilines is 1. The first-order valence-corrected chi connectivity index (χ1v) is 6.98. The van der Waals surface area contributed by atoms with Crippen molar-refractivity contribution in [2.75, 3.05) is 4.90 Å². The standard InChI is InChI=1S/C14H12ClFN2O3/c15-9-7-8(16)3-4-10(9)18-12(20)14(5-1-2-6-14)11(19)17-13(18)21/h3-4,7H,1-2,5-6H2,(H,17,19,21). The SMILES string of the molecule is O=C1NC(=O)C2(CCCC2)C(=O)N1c1ccc(F)cc1Cl. The summed E-state index contributed by atoms with van der Waals surface area (Å²) in [5, 5.41) is 2.15. The number of nitrogens with zero attached hydrogens (tertiary/aromatic N) is 1. The number of amides is 4. The minimum Gasteiger partial charge on any atom is -0.276 e. The second-order valence-electron chi connectivity index (χ2n) is 5.28. The molecule has 7 heteroatoms. The zero-order chi connectivity index (χ0) is 15.2. The Morgan fingerprint density at radius 3 is 2.48 bits per heavy atom. The monoisotopic (exact) mass is 310 g/mol. The van der Waals surface area contributed by atoms with Crippen LogP contribution in [0.1, 0.15) is 25.7 Å². The Morgan fingerprint density at radius 1 is 1.19 bits per heavy atom. The third-order valence-corrected chi connectivity index (χ3v) is 4.38. The van der Waals surface area contributed by atoms with Crippen LogP contribution in [0.4, 0.5) is 14.9 Å². The highest BCUT2D eigenvalue weighted by Crippen LogP contribution is 2.43. The van der Waals surface area contributed by atoms with Gasteiger partial charge in [0.05, 0.1) is 10.7 Å². The van der Waals surface area contributed by atoms with E-state index in [1.54, 1.807) is 0 Å². The molecular formula is C14H12ClFN2O3. The molecule has 0 aromatic heterocycles. The van der Waals surface area contributed by atoms with Crippen LogP contribution in [-0.2, 0) is 9.59 Å². The van der Waals surface area contributed by atoms with Crippen molar-refractivity contribution < 1.29 is 18.8 Å². The van der Waals surface area contributed by atoms with Crippen molar-refractivity contribution in [2.45, 2.75) is 25.7 Å². The fourth-order valence-corrected chi connectivity index (χ4v) is 3.23. The molecule has 1 aliphatic heterocycles. The number of halogens is 2. The number of carbonyl (C=O) groups excluding carboxylic acids is 3. The highest BCUT2D eigenvalue weighted by atomic mass is 35.5. The minimum absolute atomic E-state index is 0.0546. The maximum absolute atomic E-state index is 13.1. The molecule has 0 unspecified atom stereocenters. The van der Waals surface area contributed by atoms with Crippen molar-refractivity contribution in [3.05, 3.63) is 29.0 Å². The molecular weight excluding hydrogens is 299 g/mol. The summed E-state index contributed by atoms with van der Waals surface area (Å²) < 4.78 is 13.1. The predicted molar refractivity (Wildman–Crippen MR) is 73.3 cm³/mol. The Morgan fingerprint density at radius 2 is 1.86 bits per heavy atom. The lowest BCUT2D eigenvalue weighted by Gasteiger charge is -2.36. The molecule has 3 rings (SSSR count). The summed E-state index contributed by atoms with van der Waals surface area (Å²) in [6, 6.07) is 2.54. The molecule has 2 aliphatic rings. The van der Waals surface area contributed by atoms with Crippen LogP contribution in [0.5, 0.6) is 0 Å². The third-order valence-electron chi connectivity index (χ3n) is 4.08. The van der Waals surface area contributed by atoms with Gasteiger partial charge in [-0.2, -0.15) is 0 Å². The summed E-state index contributed by atoms with van der Waals surface area (Å²) in [7, 11) is 0. The summed E-state index contributed by atoms with van der Waals surface area (Å²) in [4.78, 5) is 37.6. The Bertz CT molecular complexity index is 656. The number of rotatable bonds is 1. The van der Waals surface area contributed by atoms with Gasteiger partial charge < -0.3 is 0 Å². The Kier molecular flexibility index (Phi) is 3.20. The lowest BCUT2D eigenvalue weighted by atomic mass is 9.82. The number of urea groups is 1. The van der Waals surface area contributed by atoms with Gasteiger partial charge >= 0.3 is 6.03 Å². The topological polar surface area (TPSA) is 66.5 Å². The van der Waals surface area contributed by atoms with Gasteiger partial charge in [0, 0.05) is 0 Å². The van der Waals surface area contributed by atoms with Crippen molar-refractivity contribution in [1.82, 2.24) is 5.32 Å². The molecule has 1 aliphatic carbocycles. The predicted octanol–water partition coefficient (Wildman–Crippen LogP) is 2.62. The van der Waals surface area contributed by atoms with E-state index in [-0.39, 0.29) is 10.7 Å². The molecule has 1 aromatic rings. The van der Waals surface area contributed by atoms with Gasteiger partial charge in [-0.15, -0.1) is 0 Å². The van der Waals surface area contributed by atoms with Gasteiger partial charge in [-0.25, -0.2) is 14.1 Å². The largest absolute Gasteiger partial charge is 0.335 e. The Balaban J connectivity index is 2.07. The summed E-state index contributed by atoms with van der Waals surface area (Å²) in [6.07, 6.45) is 2.30. The van der Waals surface area contributed by atoms with Crippen molar-refractivity contribution in [3.63, 3.8) is 0 Å². The number of imide groups is 2. The number of hydrogen-bond donors (Lipinski definition) is 1. The van der Waals surface area contributed by atoms with Crippen LogP contribution in [0, 0.1) is 11.2 Å². The summed E-state index contributed by atoms with van der Waals surface area (Å²) in [6.45, 7) is 0.